The summed E-state index contributed by atoms with van der Waals surface area (Å²) in [6.07, 6.45) is 3.99. The van der Waals surface area contributed by atoms with Crippen molar-refractivity contribution in [3.63, 3.8) is 0 Å². The normalized spacial score (nSPS) is 31.3. The maximum absolute atomic E-state index is 3.32. The molecule has 116 valence electrons. The van der Waals surface area contributed by atoms with Crippen molar-refractivity contribution in [2.45, 2.75) is 40.0 Å². The number of rotatable bonds is 4. The van der Waals surface area contributed by atoms with Crippen LogP contribution >= 0.6 is 0 Å². The van der Waals surface area contributed by atoms with E-state index in [1.165, 1.54) is 43.7 Å². The fourth-order valence-corrected chi connectivity index (χ4v) is 4.57. The van der Waals surface area contributed by atoms with Crippen molar-refractivity contribution < 1.29 is 0 Å². The van der Waals surface area contributed by atoms with Gasteiger partial charge in [0.1, 0.15) is 0 Å². The van der Waals surface area contributed by atoms with Gasteiger partial charge >= 0.3 is 0 Å². The lowest BCUT2D eigenvalue weighted by molar-refractivity contribution is -0.0169. The average molecular weight is 286 g/mol. The zero-order valence-electron chi connectivity index (χ0n) is 14.1. The minimum absolute atomic E-state index is 0.512. The smallest absolute Gasteiger partial charge is 0.0370 e. The van der Waals surface area contributed by atoms with Crippen LogP contribution in [0.25, 0.3) is 0 Å². The summed E-state index contributed by atoms with van der Waals surface area (Å²) in [5, 5.41) is 3.32. The van der Waals surface area contributed by atoms with Crippen molar-refractivity contribution in [3.8, 4) is 0 Å². The van der Waals surface area contributed by atoms with Gasteiger partial charge in [-0.3, -0.25) is 0 Å². The third-order valence-corrected chi connectivity index (χ3v) is 6.66. The second-order valence-corrected chi connectivity index (χ2v) is 7.91. The van der Waals surface area contributed by atoms with Gasteiger partial charge in [0, 0.05) is 32.4 Å². The van der Waals surface area contributed by atoms with Gasteiger partial charge in [0.15, 0.2) is 0 Å². The number of fused-ring (bicyclic) bond motifs is 2. The van der Waals surface area contributed by atoms with Crippen LogP contribution in [-0.4, -0.2) is 31.6 Å². The van der Waals surface area contributed by atoms with Crippen molar-refractivity contribution in [2.24, 2.45) is 16.7 Å². The summed E-state index contributed by atoms with van der Waals surface area (Å²) in [4.78, 5) is 2.72. The van der Waals surface area contributed by atoms with Crippen LogP contribution in [-0.2, 0) is 6.42 Å². The van der Waals surface area contributed by atoms with Crippen LogP contribution in [0.3, 0.4) is 0 Å². The number of nitrogens with one attached hydrogen (secondary N) is 1. The molecule has 2 fully saturated rings. The number of hydrogen-bond acceptors (Lipinski definition) is 2. The molecule has 1 aromatic carbocycles. The molecule has 1 aliphatic carbocycles. The molecule has 1 saturated heterocycles. The Morgan fingerprint density at radius 3 is 2.71 bits per heavy atom. The molecule has 0 radical (unpaired) electrons. The molecular weight excluding hydrogens is 256 g/mol. The van der Waals surface area contributed by atoms with Gasteiger partial charge in [-0.25, -0.2) is 0 Å². The molecule has 21 heavy (non-hydrogen) atoms. The quantitative estimate of drug-likeness (QED) is 0.899. The van der Waals surface area contributed by atoms with Gasteiger partial charge in [0.25, 0.3) is 0 Å². The monoisotopic (exact) mass is 286 g/mol. The number of hydrogen-bond donors (Lipinski definition) is 1. The Kier molecular flexibility index (Phi) is 3.77. The van der Waals surface area contributed by atoms with Crippen molar-refractivity contribution in [2.75, 3.05) is 32.0 Å². The van der Waals surface area contributed by atoms with Gasteiger partial charge in [-0.2, -0.15) is 0 Å². The second kappa shape index (κ2) is 5.31. The molecule has 2 nitrogen and oxygen atoms in total. The van der Waals surface area contributed by atoms with Crippen LogP contribution in [0.5, 0.6) is 0 Å². The van der Waals surface area contributed by atoms with E-state index < -0.39 is 0 Å². The first-order valence-electron chi connectivity index (χ1n) is 8.44. The summed E-state index contributed by atoms with van der Waals surface area (Å²) in [6.45, 7) is 11.3. The molecule has 1 aromatic rings. The van der Waals surface area contributed by atoms with Gasteiger partial charge in [0.2, 0.25) is 0 Å². The summed E-state index contributed by atoms with van der Waals surface area (Å²) in [5.41, 5.74) is 3.76. The summed E-state index contributed by atoms with van der Waals surface area (Å²) < 4.78 is 0. The van der Waals surface area contributed by atoms with Crippen LogP contribution in [0.1, 0.15) is 39.2 Å². The Morgan fingerprint density at radius 2 is 2.00 bits per heavy atom. The van der Waals surface area contributed by atoms with E-state index in [0.29, 0.717) is 10.8 Å². The lowest BCUT2D eigenvalue weighted by Gasteiger charge is -2.50. The molecule has 0 aromatic heterocycles. The molecule has 0 spiro atoms. The van der Waals surface area contributed by atoms with E-state index in [2.05, 4.69) is 55.3 Å². The number of benzene rings is 1. The lowest BCUT2D eigenvalue weighted by Crippen LogP contribution is -2.52. The highest BCUT2D eigenvalue weighted by atomic mass is 15.2. The van der Waals surface area contributed by atoms with Crippen LogP contribution in [0.2, 0.25) is 0 Å². The van der Waals surface area contributed by atoms with E-state index >= 15 is 0 Å². The summed E-state index contributed by atoms with van der Waals surface area (Å²) in [7, 11) is 2.02. The maximum Gasteiger partial charge on any atom is 0.0370 e. The molecular formula is C19H30N2. The minimum Gasteiger partial charge on any atom is -0.388 e. The van der Waals surface area contributed by atoms with Crippen LogP contribution in [0, 0.1) is 16.7 Å². The molecule has 1 unspecified atom stereocenters. The SMILES string of the molecule is CNc1ccccc1CCN1CC2CC[C@@](C)(C1)C2(C)C. The Hall–Kier alpha value is -1.02. The molecule has 1 saturated carbocycles. The number of piperidine rings is 1. The molecule has 1 heterocycles. The predicted octanol–water partition coefficient (Wildman–Crippen LogP) is 4.03. The lowest BCUT2D eigenvalue weighted by atomic mass is 9.63. The Labute approximate surface area is 129 Å². The van der Waals surface area contributed by atoms with Crippen molar-refractivity contribution in [1.82, 2.24) is 4.90 Å². The fraction of sp³-hybridized carbons (Fsp3) is 0.684. The topological polar surface area (TPSA) is 15.3 Å². The number of para-hydroxylation sites is 1. The zero-order valence-corrected chi connectivity index (χ0v) is 14.1. The summed E-state index contributed by atoms with van der Waals surface area (Å²) >= 11 is 0. The number of likely N-dealkylation sites (tertiary alicyclic amines) is 1. The van der Waals surface area contributed by atoms with E-state index in [9.17, 15) is 0 Å². The highest BCUT2D eigenvalue weighted by Crippen LogP contribution is 2.58. The van der Waals surface area contributed by atoms with E-state index in [1.807, 2.05) is 7.05 Å². The fourth-order valence-electron chi connectivity index (χ4n) is 4.57. The molecule has 2 atom stereocenters. The molecule has 3 rings (SSSR count). The molecule has 0 amide bonds. The van der Waals surface area contributed by atoms with E-state index in [1.54, 1.807) is 0 Å². The molecule has 1 aliphatic heterocycles. The van der Waals surface area contributed by atoms with Crippen LogP contribution in [0.15, 0.2) is 24.3 Å². The average Bonchev–Trinajstić information content (AvgIpc) is 2.63. The van der Waals surface area contributed by atoms with Crippen molar-refractivity contribution >= 4 is 5.69 Å². The van der Waals surface area contributed by atoms with Crippen molar-refractivity contribution in [3.05, 3.63) is 29.8 Å². The van der Waals surface area contributed by atoms with E-state index in [4.69, 9.17) is 0 Å². The first kappa shape index (κ1) is 14.9. The van der Waals surface area contributed by atoms with Gasteiger partial charge in [-0.05, 0) is 47.6 Å². The largest absolute Gasteiger partial charge is 0.388 e. The van der Waals surface area contributed by atoms with Crippen molar-refractivity contribution in [1.29, 1.82) is 0 Å². The van der Waals surface area contributed by atoms with Crippen LogP contribution < -0.4 is 5.32 Å². The van der Waals surface area contributed by atoms with Crippen LogP contribution in [0.4, 0.5) is 5.69 Å². The van der Waals surface area contributed by atoms with Gasteiger partial charge < -0.3 is 10.2 Å². The minimum atomic E-state index is 0.512. The first-order valence-corrected chi connectivity index (χ1v) is 8.44. The highest BCUT2D eigenvalue weighted by molar-refractivity contribution is 5.50. The molecule has 2 bridgehead atoms. The van der Waals surface area contributed by atoms with E-state index in [0.717, 1.165) is 12.3 Å². The standard InChI is InChI=1S/C19H30N2/c1-18(2)16-9-11-19(18,3)14-21(13-16)12-10-15-7-5-6-8-17(15)20-4/h5-8,16,20H,9-14H2,1-4H3/t16?,19-/m0/s1. The maximum atomic E-state index is 3.32. The Morgan fingerprint density at radius 1 is 1.24 bits per heavy atom. The molecule has 1 N–H and O–H groups in total. The number of nitrogens with zero attached hydrogens (tertiary/aromatic N) is 1. The zero-order chi connectivity index (χ0) is 15.1. The Bertz CT molecular complexity index is 508. The third kappa shape index (κ3) is 2.48. The number of anilines is 1. The van der Waals surface area contributed by atoms with Gasteiger partial charge in [-0.1, -0.05) is 39.0 Å². The Balaban J connectivity index is 1.66. The summed E-state index contributed by atoms with van der Waals surface area (Å²) in [6, 6.07) is 8.70. The van der Waals surface area contributed by atoms with Gasteiger partial charge in [0.05, 0.1) is 0 Å². The predicted molar refractivity (Wildman–Crippen MR) is 90.7 cm³/mol. The highest BCUT2D eigenvalue weighted by Gasteiger charge is 2.55. The summed E-state index contributed by atoms with van der Waals surface area (Å²) in [5.74, 6) is 0.885. The first-order chi connectivity index (χ1) is 9.96. The van der Waals surface area contributed by atoms with Gasteiger partial charge in [-0.15, -0.1) is 0 Å². The second-order valence-electron chi connectivity index (χ2n) is 7.91. The van der Waals surface area contributed by atoms with E-state index in [-0.39, 0.29) is 0 Å². The molecule has 2 aliphatic rings. The third-order valence-electron chi connectivity index (χ3n) is 6.66. The molecule has 2 heteroatoms.